The molecule has 3 heterocycles. The summed E-state index contributed by atoms with van der Waals surface area (Å²) in [6.45, 7) is 7.81. The quantitative estimate of drug-likeness (QED) is 0.419. The van der Waals surface area contributed by atoms with Gasteiger partial charge in [0.25, 0.3) is 5.91 Å². The molecule has 162 valence electrons. The minimum absolute atomic E-state index is 0.00181. The standard InChI is InChI=1S/C25H22N2O4S/c1-13(2)30-17-7-5-6-16(12-17)21-20-22(28)18-10-14(3)15(4)11-19(18)31-23(20)24(29)27(21)25-26-8-9-32-25/h5-13,21H,1-4H3/t21-/m1/s1. The number of amides is 1. The van der Waals surface area contributed by atoms with E-state index in [0.29, 0.717) is 27.4 Å². The van der Waals surface area contributed by atoms with Gasteiger partial charge >= 0.3 is 0 Å². The minimum Gasteiger partial charge on any atom is -0.491 e. The van der Waals surface area contributed by atoms with Gasteiger partial charge in [0, 0.05) is 11.6 Å². The van der Waals surface area contributed by atoms with Gasteiger partial charge in [0.05, 0.1) is 23.1 Å². The van der Waals surface area contributed by atoms with E-state index in [1.165, 1.54) is 11.3 Å². The zero-order chi connectivity index (χ0) is 22.6. The zero-order valence-electron chi connectivity index (χ0n) is 18.2. The molecule has 0 unspecified atom stereocenters. The van der Waals surface area contributed by atoms with Gasteiger partial charge in [-0.25, -0.2) is 4.98 Å². The number of aryl methyl sites for hydroxylation is 2. The van der Waals surface area contributed by atoms with E-state index in [9.17, 15) is 9.59 Å². The summed E-state index contributed by atoms with van der Waals surface area (Å²) in [6.07, 6.45) is 1.64. The Balaban J connectivity index is 1.78. The highest BCUT2D eigenvalue weighted by Crippen LogP contribution is 2.42. The summed E-state index contributed by atoms with van der Waals surface area (Å²) in [5.74, 6) is 0.377. The first-order chi connectivity index (χ1) is 15.3. The summed E-state index contributed by atoms with van der Waals surface area (Å²) < 4.78 is 11.9. The average molecular weight is 447 g/mol. The lowest BCUT2D eigenvalue weighted by molar-refractivity contribution is 0.0971. The third-order valence-electron chi connectivity index (χ3n) is 5.66. The maximum absolute atomic E-state index is 13.7. The molecule has 32 heavy (non-hydrogen) atoms. The van der Waals surface area contributed by atoms with Gasteiger partial charge in [-0.1, -0.05) is 12.1 Å². The summed E-state index contributed by atoms with van der Waals surface area (Å²) in [5.41, 5.74) is 3.31. The Bertz CT molecular complexity index is 1410. The van der Waals surface area contributed by atoms with Gasteiger partial charge < -0.3 is 9.15 Å². The largest absolute Gasteiger partial charge is 0.491 e. The Morgan fingerprint density at radius 1 is 1.12 bits per heavy atom. The lowest BCUT2D eigenvalue weighted by Gasteiger charge is -2.23. The number of aromatic nitrogens is 1. The lowest BCUT2D eigenvalue weighted by Crippen LogP contribution is -2.29. The van der Waals surface area contributed by atoms with Gasteiger partial charge in [0.15, 0.2) is 10.6 Å². The molecule has 2 aromatic carbocycles. The van der Waals surface area contributed by atoms with Crippen LogP contribution in [0.5, 0.6) is 5.75 Å². The first-order valence-electron chi connectivity index (χ1n) is 10.4. The van der Waals surface area contributed by atoms with Crippen molar-refractivity contribution in [3.8, 4) is 5.75 Å². The highest BCUT2D eigenvalue weighted by Gasteiger charge is 2.44. The molecule has 4 aromatic rings. The van der Waals surface area contributed by atoms with Crippen molar-refractivity contribution >= 4 is 33.3 Å². The average Bonchev–Trinajstić information content (AvgIpc) is 3.36. The van der Waals surface area contributed by atoms with Crippen molar-refractivity contribution in [3.05, 3.63) is 86.2 Å². The number of carbonyl (C=O) groups excluding carboxylic acids is 1. The van der Waals surface area contributed by atoms with E-state index < -0.39 is 6.04 Å². The molecule has 0 spiro atoms. The predicted octanol–water partition coefficient (Wildman–Crippen LogP) is 5.40. The molecule has 0 saturated heterocycles. The fraction of sp³-hybridized carbons (Fsp3) is 0.240. The Morgan fingerprint density at radius 2 is 1.91 bits per heavy atom. The SMILES string of the molecule is Cc1cc2oc3c(c(=O)c2cc1C)[C@@H](c1cccc(OC(C)C)c1)N(c1nccs1)C3=O. The van der Waals surface area contributed by atoms with E-state index in [1.54, 1.807) is 16.5 Å². The van der Waals surface area contributed by atoms with Gasteiger partial charge in [-0.15, -0.1) is 11.3 Å². The van der Waals surface area contributed by atoms with Crippen LogP contribution >= 0.6 is 11.3 Å². The van der Waals surface area contributed by atoms with Crippen LogP contribution in [0.2, 0.25) is 0 Å². The summed E-state index contributed by atoms with van der Waals surface area (Å²) >= 11 is 1.34. The highest BCUT2D eigenvalue weighted by atomic mass is 32.1. The number of anilines is 1. The van der Waals surface area contributed by atoms with Crippen LogP contribution in [-0.4, -0.2) is 17.0 Å². The molecule has 7 heteroatoms. The van der Waals surface area contributed by atoms with Crippen molar-refractivity contribution < 1.29 is 13.9 Å². The van der Waals surface area contributed by atoms with E-state index in [1.807, 2.05) is 64.1 Å². The fourth-order valence-electron chi connectivity index (χ4n) is 4.11. The van der Waals surface area contributed by atoms with E-state index in [4.69, 9.17) is 9.15 Å². The number of hydrogen-bond acceptors (Lipinski definition) is 6. The van der Waals surface area contributed by atoms with Crippen LogP contribution in [0.1, 0.15) is 52.7 Å². The van der Waals surface area contributed by atoms with E-state index in [2.05, 4.69) is 4.98 Å². The highest BCUT2D eigenvalue weighted by molar-refractivity contribution is 7.13. The Kier molecular flexibility index (Phi) is 4.86. The summed E-state index contributed by atoms with van der Waals surface area (Å²) in [6, 6.07) is 10.5. The third kappa shape index (κ3) is 3.20. The number of hydrogen-bond donors (Lipinski definition) is 0. The summed E-state index contributed by atoms with van der Waals surface area (Å²) in [4.78, 5) is 33.1. The number of carbonyl (C=O) groups is 1. The van der Waals surface area contributed by atoms with E-state index >= 15 is 0 Å². The molecule has 1 amide bonds. The molecule has 1 aliphatic rings. The third-order valence-corrected chi connectivity index (χ3v) is 6.43. The maximum Gasteiger partial charge on any atom is 0.297 e. The first kappa shape index (κ1) is 20.5. The number of nitrogens with zero attached hydrogens (tertiary/aromatic N) is 2. The molecule has 0 radical (unpaired) electrons. The van der Waals surface area contributed by atoms with Gasteiger partial charge in [-0.3, -0.25) is 14.5 Å². The van der Waals surface area contributed by atoms with Crippen molar-refractivity contribution in [3.63, 3.8) is 0 Å². The molecule has 0 aliphatic carbocycles. The van der Waals surface area contributed by atoms with Crippen LogP contribution < -0.4 is 15.1 Å². The van der Waals surface area contributed by atoms with Crippen molar-refractivity contribution in [2.75, 3.05) is 4.90 Å². The fourth-order valence-corrected chi connectivity index (χ4v) is 4.77. The minimum atomic E-state index is -0.651. The van der Waals surface area contributed by atoms with E-state index in [-0.39, 0.29) is 23.2 Å². The van der Waals surface area contributed by atoms with Crippen molar-refractivity contribution in [2.45, 2.75) is 39.8 Å². The topological polar surface area (TPSA) is 72.6 Å². The number of thiazole rings is 1. The lowest BCUT2D eigenvalue weighted by atomic mass is 9.97. The normalized spacial score (nSPS) is 15.6. The van der Waals surface area contributed by atoms with Gasteiger partial charge in [-0.2, -0.15) is 0 Å². The zero-order valence-corrected chi connectivity index (χ0v) is 19.0. The second-order valence-corrected chi connectivity index (χ2v) is 9.11. The van der Waals surface area contributed by atoms with Crippen LogP contribution in [0.15, 0.2) is 57.2 Å². The molecule has 2 aromatic heterocycles. The molecule has 1 atom stereocenters. The molecule has 0 saturated carbocycles. The Morgan fingerprint density at radius 3 is 2.62 bits per heavy atom. The molecule has 0 N–H and O–H groups in total. The Labute approximate surface area is 189 Å². The van der Waals surface area contributed by atoms with Crippen molar-refractivity contribution in [1.82, 2.24) is 4.98 Å². The molecular formula is C25H22N2O4S. The van der Waals surface area contributed by atoms with Crippen molar-refractivity contribution in [1.29, 1.82) is 0 Å². The molecule has 0 bridgehead atoms. The van der Waals surface area contributed by atoms with Crippen LogP contribution in [0, 0.1) is 13.8 Å². The molecular weight excluding hydrogens is 424 g/mol. The summed E-state index contributed by atoms with van der Waals surface area (Å²) in [7, 11) is 0. The van der Waals surface area contributed by atoms with Gasteiger partial charge in [0.2, 0.25) is 5.76 Å². The number of ether oxygens (including phenoxy) is 1. The smallest absolute Gasteiger partial charge is 0.297 e. The Hall–Kier alpha value is -3.45. The monoisotopic (exact) mass is 446 g/mol. The van der Waals surface area contributed by atoms with Crippen molar-refractivity contribution in [2.24, 2.45) is 0 Å². The van der Waals surface area contributed by atoms with E-state index in [0.717, 1.165) is 16.7 Å². The van der Waals surface area contributed by atoms with Gasteiger partial charge in [-0.05, 0) is 68.7 Å². The van der Waals surface area contributed by atoms with Crippen LogP contribution in [0.3, 0.4) is 0 Å². The molecule has 6 nitrogen and oxygen atoms in total. The second-order valence-electron chi connectivity index (χ2n) is 8.24. The molecule has 5 rings (SSSR count). The van der Waals surface area contributed by atoms with Crippen LogP contribution in [-0.2, 0) is 0 Å². The molecule has 0 fully saturated rings. The first-order valence-corrected chi connectivity index (χ1v) is 11.3. The number of fused-ring (bicyclic) bond motifs is 2. The second kappa shape index (κ2) is 7.60. The van der Waals surface area contributed by atoms with Crippen LogP contribution in [0.4, 0.5) is 5.13 Å². The number of benzene rings is 2. The predicted molar refractivity (Wildman–Crippen MR) is 125 cm³/mol. The summed E-state index contributed by atoms with van der Waals surface area (Å²) in [5, 5.41) is 2.79. The number of rotatable bonds is 4. The maximum atomic E-state index is 13.7. The van der Waals surface area contributed by atoms with Crippen LogP contribution in [0.25, 0.3) is 11.0 Å². The van der Waals surface area contributed by atoms with Gasteiger partial charge in [0.1, 0.15) is 11.3 Å². The molecule has 1 aliphatic heterocycles.